The molecule has 2 atom stereocenters. The van der Waals surface area contributed by atoms with Gasteiger partial charge in [0.2, 0.25) is 4.51 Å². The lowest BCUT2D eigenvalue weighted by atomic mass is 10.1. The molecule has 0 bridgehead atoms. The Bertz CT molecular complexity index is 234. The zero-order valence-electron chi connectivity index (χ0n) is 5.48. The molecule has 0 aromatic carbocycles. The van der Waals surface area contributed by atoms with Gasteiger partial charge in [0.05, 0.1) is 0 Å². The standard InChI is InChI=1S/C6H6BrNO3/c7-6(9)4-2-1-3-5(6)8(10)11/h1-5,9H. The molecule has 0 saturated heterocycles. The van der Waals surface area contributed by atoms with Crippen LogP contribution in [0.4, 0.5) is 0 Å². The second kappa shape index (κ2) is 2.75. The minimum absolute atomic E-state index is 0.547. The first-order valence-electron chi connectivity index (χ1n) is 2.95. The number of rotatable bonds is 1. The van der Waals surface area contributed by atoms with Crippen LogP contribution in [0.15, 0.2) is 24.3 Å². The molecule has 0 radical (unpaired) electrons. The van der Waals surface area contributed by atoms with Gasteiger partial charge in [-0.25, -0.2) is 0 Å². The lowest BCUT2D eigenvalue weighted by Crippen LogP contribution is -2.39. The molecule has 1 aliphatic carbocycles. The quantitative estimate of drug-likeness (QED) is 0.404. The number of allylic oxidation sites excluding steroid dienone is 2. The summed E-state index contributed by atoms with van der Waals surface area (Å²) >= 11 is 2.84. The number of hydrogen-bond donors (Lipinski definition) is 1. The van der Waals surface area contributed by atoms with Crippen LogP contribution in [0, 0.1) is 10.1 Å². The highest BCUT2D eigenvalue weighted by atomic mass is 79.9. The number of aliphatic hydroxyl groups is 1. The molecule has 4 nitrogen and oxygen atoms in total. The summed E-state index contributed by atoms with van der Waals surface area (Å²) < 4.78 is -1.54. The predicted molar refractivity (Wildman–Crippen MR) is 42.9 cm³/mol. The molecule has 0 aromatic heterocycles. The van der Waals surface area contributed by atoms with E-state index in [2.05, 4.69) is 15.9 Å². The number of hydrogen-bond acceptors (Lipinski definition) is 3. The van der Waals surface area contributed by atoms with Crippen molar-refractivity contribution >= 4 is 15.9 Å². The van der Waals surface area contributed by atoms with Crippen LogP contribution in [-0.4, -0.2) is 20.6 Å². The lowest BCUT2D eigenvalue weighted by Gasteiger charge is -2.20. The second-order valence-corrected chi connectivity index (χ2v) is 3.47. The average molecular weight is 220 g/mol. The van der Waals surface area contributed by atoms with E-state index in [9.17, 15) is 15.2 Å². The molecule has 2 unspecified atom stereocenters. The summed E-state index contributed by atoms with van der Waals surface area (Å²) in [4.78, 5) is 9.75. The molecule has 1 N–H and O–H groups in total. The van der Waals surface area contributed by atoms with Gasteiger partial charge in [-0.3, -0.25) is 10.1 Å². The molecule has 11 heavy (non-hydrogen) atoms. The molecule has 0 aromatic rings. The topological polar surface area (TPSA) is 63.4 Å². The molecule has 0 amide bonds. The highest BCUT2D eigenvalue weighted by molar-refractivity contribution is 9.10. The summed E-state index contributed by atoms with van der Waals surface area (Å²) in [6, 6.07) is -1.10. The SMILES string of the molecule is O=[N+]([O-])C1C=CC=CC1(O)Br. The summed E-state index contributed by atoms with van der Waals surface area (Å²) in [6.45, 7) is 0. The third-order valence-electron chi connectivity index (χ3n) is 1.38. The van der Waals surface area contributed by atoms with E-state index in [0.717, 1.165) is 0 Å². The van der Waals surface area contributed by atoms with Crippen LogP contribution in [0.5, 0.6) is 0 Å². The Labute approximate surface area is 71.5 Å². The first-order chi connectivity index (χ1) is 5.04. The number of nitrogens with zero attached hydrogens (tertiary/aromatic N) is 1. The fourth-order valence-corrected chi connectivity index (χ4v) is 1.28. The molecular formula is C6H6BrNO3. The normalized spacial score (nSPS) is 35.6. The molecule has 0 fully saturated rings. The Hall–Kier alpha value is -0.680. The average Bonchev–Trinajstić information content (AvgIpc) is 1.85. The zero-order valence-corrected chi connectivity index (χ0v) is 7.06. The third-order valence-corrected chi connectivity index (χ3v) is 2.11. The van der Waals surface area contributed by atoms with Gasteiger partial charge in [0.15, 0.2) is 0 Å². The molecule has 0 saturated carbocycles. The van der Waals surface area contributed by atoms with Crippen molar-refractivity contribution in [2.24, 2.45) is 0 Å². The molecule has 0 spiro atoms. The Morgan fingerprint density at radius 1 is 1.64 bits per heavy atom. The summed E-state index contributed by atoms with van der Waals surface area (Å²) in [5.41, 5.74) is 0. The summed E-state index contributed by atoms with van der Waals surface area (Å²) in [6.07, 6.45) is 5.74. The van der Waals surface area contributed by atoms with Crippen molar-refractivity contribution in [1.82, 2.24) is 0 Å². The van der Waals surface area contributed by atoms with E-state index in [4.69, 9.17) is 0 Å². The fourth-order valence-electron chi connectivity index (χ4n) is 0.812. The maximum atomic E-state index is 10.3. The smallest absolute Gasteiger partial charge is 0.273 e. The highest BCUT2D eigenvalue weighted by Crippen LogP contribution is 2.26. The van der Waals surface area contributed by atoms with Crippen molar-refractivity contribution < 1.29 is 10.0 Å². The minimum atomic E-state index is -1.54. The maximum absolute atomic E-state index is 10.3. The molecule has 1 aliphatic rings. The van der Waals surface area contributed by atoms with Gasteiger partial charge >= 0.3 is 0 Å². The van der Waals surface area contributed by atoms with Crippen LogP contribution in [-0.2, 0) is 0 Å². The van der Waals surface area contributed by atoms with E-state index >= 15 is 0 Å². The van der Waals surface area contributed by atoms with Gasteiger partial charge < -0.3 is 5.11 Å². The van der Waals surface area contributed by atoms with Gasteiger partial charge in [0.1, 0.15) is 0 Å². The van der Waals surface area contributed by atoms with E-state index in [0.29, 0.717) is 0 Å². The van der Waals surface area contributed by atoms with Crippen LogP contribution in [0.2, 0.25) is 0 Å². The first kappa shape index (κ1) is 8.42. The maximum Gasteiger partial charge on any atom is 0.273 e. The number of halogens is 1. The summed E-state index contributed by atoms with van der Waals surface area (Å²) in [7, 11) is 0. The van der Waals surface area contributed by atoms with Crippen molar-refractivity contribution in [2.75, 3.05) is 0 Å². The lowest BCUT2D eigenvalue weighted by molar-refractivity contribution is -0.520. The Morgan fingerprint density at radius 3 is 2.64 bits per heavy atom. The van der Waals surface area contributed by atoms with Crippen molar-refractivity contribution in [2.45, 2.75) is 10.6 Å². The van der Waals surface area contributed by atoms with Gasteiger partial charge in [-0.1, -0.05) is 12.2 Å². The van der Waals surface area contributed by atoms with Crippen LogP contribution in [0.25, 0.3) is 0 Å². The summed E-state index contributed by atoms with van der Waals surface area (Å²) in [5.74, 6) is 0. The molecule has 0 heterocycles. The van der Waals surface area contributed by atoms with Gasteiger partial charge in [0, 0.05) is 4.92 Å². The Kier molecular flexibility index (Phi) is 2.10. The zero-order chi connectivity index (χ0) is 8.48. The van der Waals surface area contributed by atoms with Gasteiger partial charge in [-0.05, 0) is 28.1 Å². The molecule has 1 rings (SSSR count). The molecule has 5 heteroatoms. The second-order valence-electron chi connectivity index (χ2n) is 2.20. The van der Waals surface area contributed by atoms with Crippen molar-refractivity contribution in [1.29, 1.82) is 0 Å². The predicted octanol–water partition coefficient (Wildman–Crippen LogP) is 0.841. The highest BCUT2D eigenvalue weighted by Gasteiger charge is 2.40. The monoisotopic (exact) mass is 219 g/mol. The van der Waals surface area contributed by atoms with Crippen molar-refractivity contribution in [3.63, 3.8) is 0 Å². The van der Waals surface area contributed by atoms with E-state index in [-0.39, 0.29) is 0 Å². The van der Waals surface area contributed by atoms with Gasteiger partial charge in [-0.2, -0.15) is 0 Å². The van der Waals surface area contributed by atoms with E-state index in [1.807, 2.05) is 0 Å². The fraction of sp³-hybridized carbons (Fsp3) is 0.333. The molecular weight excluding hydrogens is 214 g/mol. The van der Waals surface area contributed by atoms with E-state index < -0.39 is 15.5 Å². The number of nitro groups is 1. The van der Waals surface area contributed by atoms with Crippen LogP contribution >= 0.6 is 15.9 Å². The minimum Gasteiger partial charge on any atom is -0.369 e. The van der Waals surface area contributed by atoms with Crippen molar-refractivity contribution in [3.8, 4) is 0 Å². The Morgan fingerprint density at radius 2 is 2.27 bits per heavy atom. The molecule has 0 aliphatic heterocycles. The van der Waals surface area contributed by atoms with Crippen LogP contribution < -0.4 is 0 Å². The summed E-state index contributed by atoms with van der Waals surface area (Å²) in [5, 5.41) is 19.6. The van der Waals surface area contributed by atoms with Gasteiger partial charge in [-0.15, -0.1) is 0 Å². The van der Waals surface area contributed by atoms with Crippen molar-refractivity contribution in [3.05, 3.63) is 34.4 Å². The van der Waals surface area contributed by atoms with Gasteiger partial charge in [0.25, 0.3) is 6.04 Å². The Balaban J connectivity index is 2.89. The number of alkyl halides is 1. The van der Waals surface area contributed by atoms with Crippen LogP contribution in [0.3, 0.4) is 0 Å². The van der Waals surface area contributed by atoms with E-state index in [1.165, 1.54) is 18.2 Å². The third kappa shape index (κ3) is 1.66. The molecule has 60 valence electrons. The van der Waals surface area contributed by atoms with E-state index in [1.54, 1.807) is 6.08 Å². The first-order valence-corrected chi connectivity index (χ1v) is 3.74. The van der Waals surface area contributed by atoms with Crippen LogP contribution in [0.1, 0.15) is 0 Å². The largest absolute Gasteiger partial charge is 0.369 e.